The van der Waals surface area contributed by atoms with Crippen molar-refractivity contribution in [2.24, 2.45) is 5.92 Å². The lowest BCUT2D eigenvalue weighted by atomic mass is 9.82. The number of benzene rings is 1. The van der Waals surface area contributed by atoms with Crippen LogP contribution in [0.5, 0.6) is 11.5 Å². The second-order valence-corrected chi connectivity index (χ2v) is 10.7. The summed E-state index contributed by atoms with van der Waals surface area (Å²) in [6, 6.07) is 1.93. The minimum absolute atomic E-state index is 0.134. The zero-order valence-corrected chi connectivity index (χ0v) is 21.8. The number of pyridine rings is 1. The van der Waals surface area contributed by atoms with E-state index in [1.165, 1.54) is 0 Å². The highest BCUT2D eigenvalue weighted by Gasteiger charge is 2.48. The molecule has 1 aromatic carbocycles. The lowest BCUT2D eigenvalue weighted by Gasteiger charge is -2.36. The topological polar surface area (TPSA) is 80.9 Å². The standard InChI is InChI=1S/C27H33ClN2O5/c1-14-12-15(2)29-25(31)20(14)13-30-11-10-19-21(26(30)32)16(3)23-24(22(19)28)35-27(4,34-23)17-6-8-18(33-5)9-7-17/h12,17-18H,6-11,13H2,1-5H3,(H,29,31)/t17-,18-,27?. The molecule has 1 unspecified atom stereocenters. The van der Waals surface area contributed by atoms with Gasteiger partial charge in [0.05, 0.1) is 23.2 Å². The third-order valence-corrected chi connectivity index (χ3v) is 8.42. The summed E-state index contributed by atoms with van der Waals surface area (Å²) in [7, 11) is 1.76. The molecule has 0 spiro atoms. The molecule has 1 saturated carbocycles. The van der Waals surface area contributed by atoms with Crippen LogP contribution in [0.15, 0.2) is 10.9 Å². The molecule has 1 aliphatic carbocycles. The van der Waals surface area contributed by atoms with Gasteiger partial charge in [-0.1, -0.05) is 11.6 Å². The molecule has 0 bridgehead atoms. The summed E-state index contributed by atoms with van der Waals surface area (Å²) in [4.78, 5) is 30.8. The van der Waals surface area contributed by atoms with E-state index in [1.54, 1.807) is 12.0 Å². The normalized spacial score (nSPS) is 25.7. The Morgan fingerprint density at radius 2 is 1.83 bits per heavy atom. The highest BCUT2D eigenvalue weighted by atomic mass is 35.5. The number of amides is 1. The molecule has 7 nitrogen and oxygen atoms in total. The summed E-state index contributed by atoms with van der Waals surface area (Å²) in [5, 5.41) is 0.465. The number of methoxy groups -OCH3 is 1. The Balaban J connectivity index is 1.44. The highest BCUT2D eigenvalue weighted by Crippen LogP contribution is 2.53. The predicted octanol–water partition coefficient (Wildman–Crippen LogP) is 4.84. The molecule has 0 saturated heterocycles. The average molecular weight is 501 g/mol. The summed E-state index contributed by atoms with van der Waals surface area (Å²) in [5.41, 5.74) is 4.26. The molecule has 1 aromatic heterocycles. The Morgan fingerprint density at radius 3 is 2.49 bits per heavy atom. The van der Waals surface area contributed by atoms with Crippen LogP contribution in [0.2, 0.25) is 5.02 Å². The van der Waals surface area contributed by atoms with Crippen molar-refractivity contribution in [3.63, 3.8) is 0 Å². The quantitative estimate of drug-likeness (QED) is 0.649. The number of nitrogens with one attached hydrogen (secondary N) is 1. The number of ether oxygens (including phenoxy) is 3. The number of H-pyrrole nitrogens is 1. The van der Waals surface area contributed by atoms with E-state index < -0.39 is 5.79 Å². The molecule has 1 fully saturated rings. The number of aromatic amines is 1. The van der Waals surface area contributed by atoms with Crippen molar-refractivity contribution in [1.29, 1.82) is 0 Å². The van der Waals surface area contributed by atoms with Crippen molar-refractivity contribution in [1.82, 2.24) is 9.88 Å². The Hall–Kier alpha value is -2.51. The zero-order chi connectivity index (χ0) is 25.1. The Bertz CT molecular complexity index is 1250. The third kappa shape index (κ3) is 4.02. The lowest BCUT2D eigenvalue weighted by molar-refractivity contribution is -0.128. The van der Waals surface area contributed by atoms with Gasteiger partial charge in [0.25, 0.3) is 17.3 Å². The fourth-order valence-electron chi connectivity index (χ4n) is 5.94. The fraction of sp³-hybridized carbons (Fsp3) is 0.556. The molecule has 5 rings (SSSR count). The fourth-order valence-corrected chi connectivity index (χ4v) is 6.25. The van der Waals surface area contributed by atoms with E-state index in [1.807, 2.05) is 33.8 Å². The van der Waals surface area contributed by atoms with Gasteiger partial charge in [0.15, 0.2) is 11.5 Å². The lowest BCUT2D eigenvalue weighted by Crippen LogP contribution is -2.45. The molecule has 8 heteroatoms. The van der Waals surface area contributed by atoms with Crippen LogP contribution in [0.4, 0.5) is 0 Å². The monoisotopic (exact) mass is 500 g/mol. The summed E-state index contributed by atoms with van der Waals surface area (Å²) in [6.07, 6.45) is 4.69. The first-order chi connectivity index (χ1) is 16.6. The van der Waals surface area contributed by atoms with Gasteiger partial charge in [0.2, 0.25) is 0 Å². The van der Waals surface area contributed by atoms with Crippen molar-refractivity contribution in [2.45, 2.75) is 78.2 Å². The third-order valence-electron chi connectivity index (χ3n) is 8.02. The van der Waals surface area contributed by atoms with E-state index >= 15 is 0 Å². The molecule has 1 amide bonds. The zero-order valence-electron chi connectivity index (χ0n) is 21.0. The average Bonchev–Trinajstić information content (AvgIpc) is 3.20. The molecule has 0 radical (unpaired) electrons. The number of rotatable bonds is 4. The Kier molecular flexibility index (Phi) is 6.12. The van der Waals surface area contributed by atoms with E-state index in [2.05, 4.69) is 4.98 Å². The van der Waals surface area contributed by atoms with Crippen molar-refractivity contribution in [2.75, 3.05) is 13.7 Å². The first-order valence-corrected chi connectivity index (χ1v) is 12.7. The first-order valence-electron chi connectivity index (χ1n) is 12.4. The van der Waals surface area contributed by atoms with Gasteiger partial charge in [0.1, 0.15) is 0 Å². The number of aryl methyl sites for hydroxylation is 2. The maximum Gasteiger partial charge on any atom is 0.254 e. The van der Waals surface area contributed by atoms with E-state index in [0.29, 0.717) is 40.6 Å². The van der Waals surface area contributed by atoms with Crippen molar-refractivity contribution >= 4 is 17.5 Å². The summed E-state index contributed by atoms with van der Waals surface area (Å²) in [6.45, 7) is 8.37. The predicted molar refractivity (Wildman–Crippen MR) is 134 cm³/mol. The van der Waals surface area contributed by atoms with Crippen molar-refractivity contribution in [3.8, 4) is 11.5 Å². The first kappa shape index (κ1) is 24.2. The minimum Gasteiger partial charge on any atom is -0.448 e. The van der Waals surface area contributed by atoms with Crippen LogP contribution in [0.3, 0.4) is 0 Å². The van der Waals surface area contributed by atoms with Crippen LogP contribution in [-0.4, -0.2) is 41.3 Å². The number of carbonyl (C=O) groups excluding carboxylic acids is 1. The molecule has 2 aliphatic heterocycles. The van der Waals surface area contributed by atoms with Gasteiger partial charge in [-0.15, -0.1) is 0 Å². The van der Waals surface area contributed by atoms with Gasteiger partial charge in [-0.05, 0) is 70.1 Å². The maximum atomic E-state index is 13.7. The van der Waals surface area contributed by atoms with E-state index in [-0.39, 0.29) is 30.0 Å². The minimum atomic E-state index is -0.825. The van der Waals surface area contributed by atoms with E-state index in [9.17, 15) is 9.59 Å². The summed E-state index contributed by atoms with van der Waals surface area (Å²) in [5.74, 6) is 0.355. The Labute approximate surface area is 210 Å². The number of hydrogen-bond acceptors (Lipinski definition) is 5. The molecular weight excluding hydrogens is 468 g/mol. The highest BCUT2D eigenvalue weighted by molar-refractivity contribution is 6.34. The van der Waals surface area contributed by atoms with Crippen LogP contribution in [0.1, 0.15) is 70.9 Å². The molecule has 1 N–H and O–H groups in total. The van der Waals surface area contributed by atoms with Crippen LogP contribution >= 0.6 is 11.6 Å². The van der Waals surface area contributed by atoms with Crippen LogP contribution in [-0.2, 0) is 17.7 Å². The molecule has 3 aliphatic rings. The van der Waals surface area contributed by atoms with E-state index in [0.717, 1.165) is 48.1 Å². The van der Waals surface area contributed by atoms with Crippen LogP contribution in [0, 0.1) is 26.7 Å². The number of hydrogen-bond donors (Lipinski definition) is 1. The van der Waals surface area contributed by atoms with Gasteiger partial charge < -0.3 is 24.1 Å². The largest absolute Gasteiger partial charge is 0.448 e. The second-order valence-electron chi connectivity index (χ2n) is 10.3. The van der Waals surface area contributed by atoms with Gasteiger partial charge >= 0.3 is 0 Å². The number of halogens is 1. The number of fused-ring (bicyclic) bond motifs is 2. The number of carbonyl (C=O) groups is 1. The second kappa shape index (κ2) is 8.86. The molecule has 35 heavy (non-hydrogen) atoms. The maximum absolute atomic E-state index is 13.7. The molecule has 2 aromatic rings. The molecular formula is C27H33ClN2O5. The van der Waals surface area contributed by atoms with Crippen LogP contribution in [0.25, 0.3) is 0 Å². The SMILES string of the molecule is CO[C@H]1CC[C@H](C2(C)Oc3c(C)c4c(c(Cl)c3O2)CCN(Cc2c(C)cc(C)[nH]c2=O)C4=O)CC1. The number of nitrogens with zero attached hydrogens (tertiary/aromatic N) is 1. The molecule has 188 valence electrons. The Morgan fingerprint density at radius 1 is 1.14 bits per heavy atom. The number of aromatic nitrogens is 1. The van der Waals surface area contributed by atoms with Crippen molar-refractivity contribution < 1.29 is 19.0 Å². The molecule has 1 atom stereocenters. The smallest absolute Gasteiger partial charge is 0.254 e. The van der Waals surface area contributed by atoms with Gasteiger partial charge in [-0.3, -0.25) is 9.59 Å². The molecule has 3 heterocycles. The summed E-state index contributed by atoms with van der Waals surface area (Å²) < 4.78 is 18.4. The van der Waals surface area contributed by atoms with Gasteiger partial charge in [0, 0.05) is 43.3 Å². The van der Waals surface area contributed by atoms with Crippen molar-refractivity contribution in [3.05, 3.63) is 55.0 Å². The van der Waals surface area contributed by atoms with Gasteiger partial charge in [-0.2, -0.15) is 0 Å². The van der Waals surface area contributed by atoms with Gasteiger partial charge in [-0.25, -0.2) is 0 Å². The van der Waals surface area contributed by atoms with Crippen LogP contribution < -0.4 is 15.0 Å². The van der Waals surface area contributed by atoms with E-state index in [4.69, 9.17) is 25.8 Å². The summed E-state index contributed by atoms with van der Waals surface area (Å²) >= 11 is 6.85.